The predicted molar refractivity (Wildman–Crippen MR) is 102 cm³/mol. The van der Waals surface area contributed by atoms with E-state index in [1.54, 1.807) is 31.4 Å². The third kappa shape index (κ3) is 4.62. The zero-order valence-electron chi connectivity index (χ0n) is 16.3. The first kappa shape index (κ1) is 19.0. The van der Waals surface area contributed by atoms with Gasteiger partial charge in [0.1, 0.15) is 11.5 Å². The van der Waals surface area contributed by atoms with Crippen LogP contribution in [-0.4, -0.2) is 13.1 Å². The second kappa shape index (κ2) is 6.91. The van der Waals surface area contributed by atoms with Crippen LogP contribution in [0.15, 0.2) is 42.5 Å². The van der Waals surface area contributed by atoms with Gasteiger partial charge in [-0.1, -0.05) is 53.7 Å². The Kier molecular flexibility index (Phi) is 5.26. The number of ether oxygens (including phenoxy) is 2. The lowest BCUT2D eigenvalue weighted by atomic mass is 9.80. The van der Waals surface area contributed by atoms with Crippen molar-refractivity contribution in [2.24, 2.45) is 0 Å². The van der Waals surface area contributed by atoms with E-state index < -0.39 is 0 Å². The monoisotopic (exact) mass is 340 g/mol. The molecular weight excluding hydrogens is 312 g/mol. The first-order chi connectivity index (χ1) is 11.5. The van der Waals surface area contributed by atoms with Crippen LogP contribution in [0, 0.1) is 0 Å². The van der Waals surface area contributed by atoms with Crippen LogP contribution in [0.3, 0.4) is 0 Å². The molecule has 25 heavy (non-hydrogen) atoms. The van der Waals surface area contributed by atoms with Gasteiger partial charge in [-0.25, -0.2) is 4.79 Å². The second-order valence-corrected chi connectivity index (χ2v) is 8.33. The quantitative estimate of drug-likeness (QED) is 0.546. The summed E-state index contributed by atoms with van der Waals surface area (Å²) >= 11 is 0. The van der Waals surface area contributed by atoms with E-state index in [-0.39, 0.29) is 16.8 Å². The Morgan fingerprint density at radius 1 is 0.840 bits per heavy atom. The topological polar surface area (TPSA) is 35.5 Å². The third-order valence-corrected chi connectivity index (χ3v) is 4.18. The minimum Gasteiger partial charge on any atom is -0.497 e. The molecule has 0 aliphatic carbocycles. The van der Waals surface area contributed by atoms with Gasteiger partial charge in [0.25, 0.3) is 0 Å². The zero-order chi connectivity index (χ0) is 18.8. The van der Waals surface area contributed by atoms with E-state index in [0.29, 0.717) is 17.1 Å². The largest absolute Gasteiger partial charge is 0.497 e. The van der Waals surface area contributed by atoms with Crippen LogP contribution in [0.2, 0.25) is 0 Å². The molecule has 2 aromatic carbocycles. The molecule has 2 rings (SSSR count). The number of hydrogen-bond donors (Lipinski definition) is 0. The summed E-state index contributed by atoms with van der Waals surface area (Å²) < 4.78 is 10.8. The fourth-order valence-electron chi connectivity index (χ4n) is 2.56. The Morgan fingerprint density at radius 3 is 1.92 bits per heavy atom. The van der Waals surface area contributed by atoms with Gasteiger partial charge in [0.15, 0.2) is 0 Å². The number of rotatable bonds is 3. The van der Waals surface area contributed by atoms with Crippen molar-refractivity contribution in [3.8, 4) is 11.5 Å². The van der Waals surface area contributed by atoms with Gasteiger partial charge in [0.2, 0.25) is 0 Å². The smallest absolute Gasteiger partial charge is 0.343 e. The third-order valence-electron chi connectivity index (χ3n) is 4.18. The average Bonchev–Trinajstić information content (AvgIpc) is 2.53. The highest BCUT2D eigenvalue weighted by atomic mass is 16.5. The fourth-order valence-corrected chi connectivity index (χ4v) is 2.56. The Hall–Kier alpha value is -2.29. The molecule has 0 saturated heterocycles. The van der Waals surface area contributed by atoms with Crippen LogP contribution in [0.5, 0.6) is 11.5 Å². The van der Waals surface area contributed by atoms with E-state index in [4.69, 9.17) is 9.47 Å². The standard InChI is InChI=1S/C22H28O3/c1-21(2,3)16-10-13-19(18(14-16)22(4,5)6)25-20(23)15-8-11-17(24-7)12-9-15/h8-14H,1-7H3. The summed E-state index contributed by atoms with van der Waals surface area (Å²) in [5.41, 5.74) is 2.67. The normalized spacial score (nSPS) is 12.0. The summed E-state index contributed by atoms with van der Waals surface area (Å²) in [4.78, 5) is 12.5. The second-order valence-electron chi connectivity index (χ2n) is 8.33. The van der Waals surface area contributed by atoms with Crippen LogP contribution >= 0.6 is 0 Å². The zero-order valence-corrected chi connectivity index (χ0v) is 16.3. The number of benzene rings is 2. The Labute approximate surface area is 151 Å². The molecule has 0 heterocycles. The highest BCUT2D eigenvalue weighted by Crippen LogP contribution is 2.35. The maximum absolute atomic E-state index is 12.5. The van der Waals surface area contributed by atoms with Gasteiger partial charge in [-0.2, -0.15) is 0 Å². The molecule has 3 heteroatoms. The molecule has 2 aromatic rings. The van der Waals surface area contributed by atoms with Crippen molar-refractivity contribution in [2.75, 3.05) is 7.11 Å². The highest BCUT2D eigenvalue weighted by Gasteiger charge is 2.24. The van der Waals surface area contributed by atoms with Crippen LogP contribution in [0.1, 0.15) is 63.0 Å². The minimum atomic E-state index is -0.364. The molecule has 0 amide bonds. The molecule has 0 fully saturated rings. The summed E-state index contributed by atoms with van der Waals surface area (Å²) in [6.07, 6.45) is 0. The lowest BCUT2D eigenvalue weighted by Crippen LogP contribution is -2.19. The number of methoxy groups -OCH3 is 1. The highest BCUT2D eigenvalue weighted by molar-refractivity contribution is 5.91. The molecule has 0 bridgehead atoms. The Bertz CT molecular complexity index is 744. The molecule has 0 spiro atoms. The van der Waals surface area contributed by atoms with E-state index in [1.165, 1.54) is 5.56 Å². The van der Waals surface area contributed by atoms with E-state index in [9.17, 15) is 4.79 Å². The summed E-state index contributed by atoms with van der Waals surface area (Å²) in [5, 5.41) is 0. The first-order valence-electron chi connectivity index (χ1n) is 8.53. The molecule has 0 aromatic heterocycles. The van der Waals surface area contributed by atoms with Crippen LogP contribution in [0.25, 0.3) is 0 Å². The predicted octanol–water partition coefficient (Wildman–Crippen LogP) is 5.51. The molecule has 0 radical (unpaired) electrons. The maximum Gasteiger partial charge on any atom is 0.343 e. The number of hydrogen-bond acceptors (Lipinski definition) is 3. The van der Waals surface area contributed by atoms with Crippen molar-refractivity contribution in [3.63, 3.8) is 0 Å². The molecule has 0 unspecified atom stereocenters. The molecule has 0 aliphatic rings. The minimum absolute atomic E-state index is 0.0402. The first-order valence-corrected chi connectivity index (χ1v) is 8.53. The molecule has 3 nitrogen and oxygen atoms in total. The van der Waals surface area contributed by atoms with Gasteiger partial charge in [-0.05, 0) is 46.7 Å². The van der Waals surface area contributed by atoms with Gasteiger partial charge in [0.05, 0.1) is 12.7 Å². The van der Waals surface area contributed by atoms with Crippen LogP contribution in [-0.2, 0) is 10.8 Å². The van der Waals surface area contributed by atoms with E-state index in [2.05, 4.69) is 47.6 Å². The molecule has 0 aliphatic heterocycles. The molecular formula is C22H28O3. The van der Waals surface area contributed by atoms with Crippen LogP contribution in [0.4, 0.5) is 0 Å². The van der Waals surface area contributed by atoms with Gasteiger partial charge in [0, 0.05) is 5.56 Å². The van der Waals surface area contributed by atoms with E-state index in [0.717, 1.165) is 5.56 Å². The lowest BCUT2D eigenvalue weighted by Gasteiger charge is -2.26. The van der Waals surface area contributed by atoms with Crippen LogP contribution < -0.4 is 9.47 Å². The van der Waals surface area contributed by atoms with Gasteiger partial charge in [-0.15, -0.1) is 0 Å². The summed E-state index contributed by atoms with van der Waals surface area (Å²) in [7, 11) is 1.60. The van der Waals surface area contributed by atoms with Crippen molar-refractivity contribution in [1.82, 2.24) is 0 Å². The van der Waals surface area contributed by atoms with Crippen molar-refractivity contribution in [2.45, 2.75) is 52.4 Å². The summed E-state index contributed by atoms with van der Waals surface area (Å²) in [6.45, 7) is 12.9. The van der Waals surface area contributed by atoms with E-state index >= 15 is 0 Å². The van der Waals surface area contributed by atoms with Gasteiger partial charge >= 0.3 is 5.97 Å². The average molecular weight is 340 g/mol. The summed E-state index contributed by atoms with van der Waals surface area (Å²) in [5.74, 6) is 0.958. The molecule has 0 saturated carbocycles. The SMILES string of the molecule is COc1ccc(C(=O)Oc2ccc(C(C)(C)C)cc2C(C)(C)C)cc1. The summed E-state index contributed by atoms with van der Waals surface area (Å²) in [6, 6.07) is 13.0. The van der Waals surface area contributed by atoms with Gasteiger partial charge < -0.3 is 9.47 Å². The van der Waals surface area contributed by atoms with Crippen molar-refractivity contribution in [1.29, 1.82) is 0 Å². The molecule has 0 atom stereocenters. The lowest BCUT2D eigenvalue weighted by molar-refractivity contribution is 0.0732. The van der Waals surface area contributed by atoms with Gasteiger partial charge in [-0.3, -0.25) is 0 Å². The maximum atomic E-state index is 12.5. The number of esters is 1. The Balaban J connectivity index is 2.36. The fraction of sp³-hybridized carbons (Fsp3) is 0.409. The number of carbonyl (C=O) groups is 1. The Morgan fingerprint density at radius 2 is 1.44 bits per heavy atom. The van der Waals surface area contributed by atoms with Crippen molar-refractivity contribution >= 4 is 5.97 Å². The number of carbonyl (C=O) groups excluding carboxylic acids is 1. The van der Waals surface area contributed by atoms with Crippen molar-refractivity contribution in [3.05, 3.63) is 59.2 Å². The van der Waals surface area contributed by atoms with E-state index in [1.807, 2.05) is 12.1 Å². The molecule has 134 valence electrons. The molecule has 0 N–H and O–H groups in total. The van der Waals surface area contributed by atoms with Crippen molar-refractivity contribution < 1.29 is 14.3 Å².